The molecule has 2 aliphatic heterocycles. The van der Waals surface area contributed by atoms with Crippen LogP contribution in [0.3, 0.4) is 0 Å². The van der Waals surface area contributed by atoms with Gasteiger partial charge in [0.1, 0.15) is 0 Å². The Kier molecular flexibility index (Phi) is 4.31. The number of nitrogens with zero attached hydrogens (tertiary/aromatic N) is 1. The highest BCUT2D eigenvalue weighted by Gasteiger charge is 2.35. The van der Waals surface area contributed by atoms with Crippen molar-refractivity contribution in [1.82, 2.24) is 10.2 Å². The second kappa shape index (κ2) is 5.60. The molecule has 1 aromatic rings. The van der Waals surface area contributed by atoms with Gasteiger partial charge in [0.25, 0.3) is 0 Å². The molecular formula is C15H23ClN2. The molecule has 3 heteroatoms. The van der Waals surface area contributed by atoms with Crippen molar-refractivity contribution in [2.24, 2.45) is 11.8 Å². The van der Waals surface area contributed by atoms with E-state index in [2.05, 4.69) is 42.3 Å². The van der Waals surface area contributed by atoms with Crippen molar-refractivity contribution in [2.75, 3.05) is 26.2 Å². The molecular weight excluding hydrogens is 244 g/mol. The van der Waals surface area contributed by atoms with Gasteiger partial charge in [0.15, 0.2) is 0 Å². The monoisotopic (exact) mass is 266 g/mol. The third kappa shape index (κ3) is 2.87. The number of nitrogens with one attached hydrogen (secondary N) is 1. The van der Waals surface area contributed by atoms with E-state index < -0.39 is 0 Å². The van der Waals surface area contributed by atoms with Crippen LogP contribution in [0.5, 0.6) is 0 Å². The maximum Gasteiger partial charge on any atom is 0.0234 e. The molecule has 0 aromatic heterocycles. The van der Waals surface area contributed by atoms with Crippen LogP contribution in [0.4, 0.5) is 0 Å². The van der Waals surface area contributed by atoms with Crippen molar-refractivity contribution < 1.29 is 0 Å². The Balaban J connectivity index is 0.00000120. The number of hydrogen-bond donors (Lipinski definition) is 1. The summed E-state index contributed by atoms with van der Waals surface area (Å²) >= 11 is 0. The maximum absolute atomic E-state index is 3.50. The normalized spacial score (nSPS) is 27.0. The van der Waals surface area contributed by atoms with Crippen LogP contribution in [0, 0.1) is 25.7 Å². The number of fused-ring (bicyclic) bond motifs is 1. The first-order valence-electron chi connectivity index (χ1n) is 6.71. The highest BCUT2D eigenvalue weighted by Crippen LogP contribution is 2.27. The van der Waals surface area contributed by atoms with E-state index in [0.29, 0.717) is 0 Å². The van der Waals surface area contributed by atoms with Gasteiger partial charge >= 0.3 is 0 Å². The zero-order valence-electron chi connectivity index (χ0n) is 11.3. The van der Waals surface area contributed by atoms with E-state index in [4.69, 9.17) is 0 Å². The molecule has 100 valence electrons. The molecule has 0 spiro atoms. The summed E-state index contributed by atoms with van der Waals surface area (Å²) in [5.41, 5.74) is 4.26. The zero-order valence-corrected chi connectivity index (χ0v) is 12.1. The minimum atomic E-state index is 0. The molecule has 2 nitrogen and oxygen atoms in total. The zero-order chi connectivity index (χ0) is 11.8. The molecule has 0 bridgehead atoms. The van der Waals surface area contributed by atoms with E-state index in [1.165, 1.54) is 42.9 Å². The van der Waals surface area contributed by atoms with Gasteiger partial charge in [-0.1, -0.05) is 29.3 Å². The van der Waals surface area contributed by atoms with Gasteiger partial charge in [0, 0.05) is 19.6 Å². The average molecular weight is 267 g/mol. The smallest absolute Gasteiger partial charge is 0.0234 e. The minimum absolute atomic E-state index is 0. The first-order chi connectivity index (χ1) is 8.20. The van der Waals surface area contributed by atoms with Gasteiger partial charge in [-0.15, -0.1) is 12.4 Å². The van der Waals surface area contributed by atoms with Gasteiger partial charge in [-0.2, -0.15) is 0 Å². The summed E-state index contributed by atoms with van der Waals surface area (Å²) in [6, 6.07) is 6.92. The van der Waals surface area contributed by atoms with Crippen LogP contribution < -0.4 is 5.32 Å². The van der Waals surface area contributed by atoms with E-state index in [1.807, 2.05) is 0 Å². The Hall–Kier alpha value is -0.570. The molecule has 1 N–H and O–H groups in total. The van der Waals surface area contributed by atoms with Crippen molar-refractivity contribution >= 4 is 12.4 Å². The summed E-state index contributed by atoms with van der Waals surface area (Å²) in [5, 5.41) is 3.50. The molecule has 0 amide bonds. The largest absolute Gasteiger partial charge is 0.316 e. The second-order valence-corrected chi connectivity index (χ2v) is 5.87. The number of halogens is 1. The molecule has 2 saturated heterocycles. The topological polar surface area (TPSA) is 15.3 Å². The fraction of sp³-hybridized carbons (Fsp3) is 0.600. The number of rotatable bonds is 2. The minimum Gasteiger partial charge on any atom is -0.316 e. The van der Waals surface area contributed by atoms with Crippen LogP contribution in [0.2, 0.25) is 0 Å². The standard InChI is InChI=1S/C15H22N2.ClH/c1-11-3-12(2)5-13(4-11)8-17-9-14-6-16-7-15(14)10-17;/h3-5,14-16H,6-10H2,1-2H3;1H/t14-,15+;. The van der Waals surface area contributed by atoms with Crippen molar-refractivity contribution in [3.05, 3.63) is 34.9 Å². The summed E-state index contributed by atoms with van der Waals surface area (Å²) < 4.78 is 0. The molecule has 2 aliphatic rings. The predicted molar refractivity (Wildman–Crippen MR) is 78.3 cm³/mol. The molecule has 2 heterocycles. The van der Waals surface area contributed by atoms with Crippen molar-refractivity contribution in [3.63, 3.8) is 0 Å². The predicted octanol–water partition coefficient (Wildman–Crippen LogP) is 2.38. The first-order valence-corrected chi connectivity index (χ1v) is 6.71. The van der Waals surface area contributed by atoms with Crippen molar-refractivity contribution in [1.29, 1.82) is 0 Å². The van der Waals surface area contributed by atoms with Crippen LogP contribution in [-0.4, -0.2) is 31.1 Å². The summed E-state index contributed by atoms with van der Waals surface area (Å²) in [4.78, 5) is 2.63. The van der Waals surface area contributed by atoms with Gasteiger partial charge in [0.2, 0.25) is 0 Å². The van der Waals surface area contributed by atoms with Gasteiger partial charge in [-0.05, 0) is 44.3 Å². The Labute approximate surface area is 116 Å². The van der Waals surface area contributed by atoms with E-state index in [-0.39, 0.29) is 12.4 Å². The first kappa shape index (κ1) is 13.9. The van der Waals surface area contributed by atoms with Crippen molar-refractivity contribution in [3.8, 4) is 0 Å². The summed E-state index contributed by atoms with van der Waals surface area (Å²) in [6.07, 6.45) is 0. The second-order valence-electron chi connectivity index (χ2n) is 5.87. The Morgan fingerprint density at radius 2 is 1.61 bits per heavy atom. The lowest BCUT2D eigenvalue weighted by atomic mass is 10.0. The van der Waals surface area contributed by atoms with Crippen LogP contribution >= 0.6 is 12.4 Å². The molecule has 0 unspecified atom stereocenters. The van der Waals surface area contributed by atoms with E-state index in [1.54, 1.807) is 0 Å². The molecule has 2 atom stereocenters. The van der Waals surface area contributed by atoms with Gasteiger partial charge in [0.05, 0.1) is 0 Å². The Bertz CT molecular complexity index is 387. The Morgan fingerprint density at radius 3 is 2.17 bits per heavy atom. The fourth-order valence-electron chi connectivity index (χ4n) is 3.50. The van der Waals surface area contributed by atoms with E-state index in [9.17, 15) is 0 Å². The van der Waals surface area contributed by atoms with E-state index in [0.717, 1.165) is 18.4 Å². The number of benzene rings is 1. The molecule has 18 heavy (non-hydrogen) atoms. The summed E-state index contributed by atoms with van der Waals surface area (Å²) in [6.45, 7) is 10.5. The molecule has 0 radical (unpaired) electrons. The molecule has 3 rings (SSSR count). The van der Waals surface area contributed by atoms with Crippen LogP contribution in [-0.2, 0) is 6.54 Å². The van der Waals surface area contributed by atoms with Crippen molar-refractivity contribution in [2.45, 2.75) is 20.4 Å². The third-order valence-corrected chi connectivity index (χ3v) is 4.15. The highest BCUT2D eigenvalue weighted by atomic mass is 35.5. The quantitative estimate of drug-likeness (QED) is 0.884. The van der Waals surface area contributed by atoms with Gasteiger partial charge in [-0.25, -0.2) is 0 Å². The third-order valence-electron chi connectivity index (χ3n) is 4.15. The number of aryl methyl sites for hydroxylation is 2. The SMILES string of the molecule is Cc1cc(C)cc(CN2C[C@H]3CNC[C@H]3C2)c1.Cl. The van der Waals surface area contributed by atoms with Gasteiger partial charge in [-0.3, -0.25) is 4.90 Å². The summed E-state index contributed by atoms with van der Waals surface area (Å²) in [5.74, 6) is 1.81. The van der Waals surface area contributed by atoms with Crippen LogP contribution in [0.25, 0.3) is 0 Å². The molecule has 1 aromatic carbocycles. The number of hydrogen-bond acceptors (Lipinski definition) is 2. The summed E-state index contributed by atoms with van der Waals surface area (Å²) in [7, 11) is 0. The molecule has 0 aliphatic carbocycles. The Morgan fingerprint density at radius 1 is 1.06 bits per heavy atom. The number of likely N-dealkylation sites (tertiary alicyclic amines) is 1. The lowest BCUT2D eigenvalue weighted by Gasteiger charge is -2.17. The average Bonchev–Trinajstić information content (AvgIpc) is 2.75. The molecule has 0 saturated carbocycles. The fourth-order valence-corrected chi connectivity index (χ4v) is 3.50. The lowest BCUT2D eigenvalue weighted by Crippen LogP contribution is -2.25. The highest BCUT2D eigenvalue weighted by molar-refractivity contribution is 5.85. The van der Waals surface area contributed by atoms with E-state index >= 15 is 0 Å². The van der Waals surface area contributed by atoms with Crippen LogP contribution in [0.15, 0.2) is 18.2 Å². The molecule has 2 fully saturated rings. The van der Waals surface area contributed by atoms with Gasteiger partial charge < -0.3 is 5.32 Å². The maximum atomic E-state index is 3.50. The lowest BCUT2D eigenvalue weighted by molar-refractivity contribution is 0.305. The van der Waals surface area contributed by atoms with Crippen LogP contribution in [0.1, 0.15) is 16.7 Å².